The van der Waals surface area contributed by atoms with Gasteiger partial charge in [0, 0.05) is 25.7 Å². The second-order valence-corrected chi connectivity index (χ2v) is 6.15. The third-order valence-electron chi connectivity index (χ3n) is 3.98. The van der Waals surface area contributed by atoms with E-state index in [0.29, 0.717) is 10.8 Å². The van der Waals surface area contributed by atoms with Gasteiger partial charge in [-0.3, -0.25) is 4.90 Å². The van der Waals surface area contributed by atoms with Crippen molar-refractivity contribution in [3.8, 4) is 23.0 Å². The second-order valence-electron chi connectivity index (χ2n) is 5.74. The smallest absolute Gasteiger partial charge is 0.176 e. The highest BCUT2D eigenvalue weighted by Crippen LogP contribution is 2.35. The van der Waals surface area contributed by atoms with Crippen LogP contribution in [0.2, 0.25) is 5.02 Å². The van der Waals surface area contributed by atoms with Gasteiger partial charge in [0.15, 0.2) is 11.5 Å². The van der Waals surface area contributed by atoms with Crippen LogP contribution in [0.4, 0.5) is 0 Å². The quantitative estimate of drug-likeness (QED) is 0.867. The van der Waals surface area contributed by atoms with Crippen LogP contribution in [0.5, 0.6) is 23.0 Å². The number of rotatable bonds is 6. The van der Waals surface area contributed by atoms with E-state index in [1.165, 1.54) is 7.11 Å². The molecule has 0 radical (unpaired) electrons. The first-order chi connectivity index (χ1) is 11.6. The Morgan fingerprint density at radius 3 is 2.58 bits per heavy atom. The van der Waals surface area contributed by atoms with Crippen LogP contribution in [0, 0.1) is 0 Å². The zero-order valence-electron chi connectivity index (χ0n) is 13.7. The third-order valence-corrected chi connectivity index (χ3v) is 4.27. The maximum Gasteiger partial charge on any atom is 0.176 e. The summed E-state index contributed by atoms with van der Waals surface area (Å²) in [7, 11) is 3.15. The lowest BCUT2D eigenvalue weighted by molar-refractivity contribution is 0.0144. The normalized spacial score (nSPS) is 15.0. The number of benzene rings is 2. The van der Waals surface area contributed by atoms with E-state index in [1.54, 1.807) is 19.2 Å². The standard InChI is InChI=1S/C18H20ClNO4/c1-22-13-4-3-5-14(8-13)24-15-10-20(11-15)9-12-6-16(19)18(21)17(7-12)23-2/h3-8,15,21H,9-11H2,1-2H3. The largest absolute Gasteiger partial charge is 0.503 e. The van der Waals surface area contributed by atoms with Crippen molar-refractivity contribution >= 4 is 11.6 Å². The van der Waals surface area contributed by atoms with Crippen molar-refractivity contribution in [3.05, 3.63) is 47.0 Å². The highest BCUT2D eigenvalue weighted by atomic mass is 35.5. The molecule has 1 N–H and O–H groups in total. The van der Waals surface area contributed by atoms with E-state index in [2.05, 4.69) is 4.90 Å². The number of phenols is 1. The lowest BCUT2D eigenvalue weighted by atomic mass is 10.1. The Kier molecular flexibility index (Phi) is 5.02. The molecular formula is C18H20ClNO4. The van der Waals surface area contributed by atoms with Crippen LogP contribution in [0.1, 0.15) is 5.56 Å². The Bertz CT molecular complexity index is 716. The minimum atomic E-state index is -0.0224. The topological polar surface area (TPSA) is 51.2 Å². The molecule has 0 aromatic heterocycles. The molecule has 1 fully saturated rings. The monoisotopic (exact) mass is 349 g/mol. The summed E-state index contributed by atoms with van der Waals surface area (Å²) >= 11 is 6.02. The molecular weight excluding hydrogens is 330 g/mol. The lowest BCUT2D eigenvalue weighted by Crippen LogP contribution is -2.53. The third kappa shape index (κ3) is 3.68. The highest BCUT2D eigenvalue weighted by molar-refractivity contribution is 6.32. The van der Waals surface area contributed by atoms with Crippen molar-refractivity contribution in [3.63, 3.8) is 0 Å². The molecule has 0 spiro atoms. The Labute approximate surface area is 146 Å². The molecule has 0 atom stereocenters. The molecule has 0 unspecified atom stereocenters. The fourth-order valence-electron chi connectivity index (χ4n) is 2.73. The first kappa shape index (κ1) is 16.7. The summed E-state index contributed by atoms with van der Waals surface area (Å²) in [6, 6.07) is 11.2. The van der Waals surface area contributed by atoms with Crippen molar-refractivity contribution in [1.29, 1.82) is 0 Å². The average Bonchev–Trinajstić information content (AvgIpc) is 2.56. The Morgan fingerprint density at radius 1 is 1.12 bits per heavy atom. The summed E-state index contributed by atoms with van der Waals surface area (Å²) in [5.74, 6) is 1.97. The Balaban J connectivity index is 1.54. The molecule has 128 valence electrons. The SMILES string of the molecule is COc1cccc(OC2CN(Cc3cc(Cl)c(O)c(OC)c3)C2)c1. The van der Waals surface area contributed by atoms with Gasteiger partial charge in [0.2, 0.25) is 0 Å². The van der Waals surface area contributed by atoms with E-state index >= 15 is 0 Å². The lowest BCUT2D eigenvalue weighted by Gasteiger charge is -2.39. The molecule has 1 aliphatic heterocycles. The molecule has 3 rings (SSSR count). The molecule has 1 aliphatic rings. The molecule has 0 saturated carbocycles. The molecule has 0 amide bonds. The number of aromatic hydroxyl groups is 1. The van der Waals surface area contributed by atoms with E-state index in [0.717, 1.165) is 36.7 Å². The zero-order chi connectivity index (χ0) is 17.1. The fourth-order valence-corrected chi connectivity index (χ4v) is 2.96. The van der Waals surface area contributed by atoms with E-state index < -0.39 is 0 Å². The molecule has 0 aliphatic carbocycles. The number of likely N-dealkylation sites (tertiary alicyclic amines) is 1. The molecule has 6 heteroatoms. The van der Waals surface area contributed by atoms with E-state index in [1.807, 2.05) is 24.3 Å². The maximum absolute atomic E-state index is 9.78. The average molecular weight is 350 g/mol. The molecule has 2 aromatic carbocycles. The molecule has 1 saturated heterocycles. The van der Waals surface area contributed by atoms with Gasteiger partial charge >= 0.3 is 0 Å². The molecule has 24 heavy (non-hydrogen) atoms. The number of hydrogen-bond acceptors (Lipinski definition) is 5. The van der Waals surface area contributed by atoms with Crippen molar-refractivity contribution in [2.75, 3.05) is 27.3 Å². The number of halogens is 1. The minimum absolute atomic E-state index is 0.0224. The minimum Gasteiger partial charge on any atom is -0.503 e. The zero-order valence-corrected chi connectivity index (χ0v) is 14.4. The van der Waals surface area contributed by atoms with Crippen LogP contribution < -0.4 is 14.2 Å². The van der Waals surface area contributed by atoms with Crippen LogP contribution in [0.15, 0.2) is 36.4 Å². The van der Waals surface area contributed by atoms with Crippen molar-refractivity contribution in [2.24, 2.45) is 0 Å². The van der Waals surface area contributed by atoms with Crippen molar-refractivity contribution < 1.29 is 19.3 Å². The van der Waals surface area contributed by atoms with Gasteiger partial charge < -0.3 is 19.3 Å². The van der Waals surface area contributed by atoms with E-state index in [-0.39, 0.29) is 11.9 Å². The van der Waals surface area contributed by atoms with Crippen molar-refractivity contribution in [1.82, 2.24) is 4.90 Å². The first-order valence-corrected chi connectivity index (χ1v) is 8.05. The van der Waals surface area contributed by atoms with Gasteiger partial charge in [-0.05, 0) is 29.8 Å². The fraction of sp³-hybridized carbons (Fsp3) is 0.333. The van der Waals surface area contributed by atoms with Gasteiger partial charge in [0.25, 0.3) is 0 Å². The number of hydrogen-bond donors (Lipinski definition) is 1. The molecule has 0 bridgehead atoms. The number of ether oxygens (including phenoxy) is 3. The highest BCUT2D eigenvalue weighted by Gasteiger charge is 2.28. The molecule has 2 aromatic rings. The predicted octanol–water partition coefficient (Wildman–Crippen LogP) is 3.33. The Hall–Kier alpha value is -2.11. The summed E-state index contributed by atoms with van der Waals surface area (Å²) in [5.41, 5.74) is 0.995. The summed E-state index contributed by atoms with van der Waals surface area (Å²) in [4.78, 5) is 2.24. The molecule has 5 nitrogen and oxygen atoms in total. The van der Waals surface area contributed by atoms with Crippen LogP contribution >= 0.6 is 11.6 Å². The van der Waals surface area contributed by atoms with Gasteiger partial charge in [-0.1, -0.05) is 17.7 Å². The van der Waals surface area contributed by atoms with Crippen LogP contribution in [0.25, 0.3) is 0 Å². The number of methoxy groups -OCH3 is 2. The Morgan fingerprint density at radius 2 is 1.88 bits per heavy atom. The van der Waals surface area contributed by atoms with Gasteiger partial charge in [0.05, 0.1) is 19.2 Å². The van der Waals surface area contributed by atoms with Crippen LogP contribution in [-0.2, 0) is 6.54 Å². The number of phenolic OH excluding ortho intramolecular Hbond substituents is 1. The summed E-state index contributed by atoms with van der Waals surface area (Å²) < 4.78 is 16.3. The summed E-state index contributed by atoms with van der Waals surface area (Å²) in [5, 5.41) is 10.1. The van der Waals surface area contributed by atoms with E-state index in [4.69, 9.17) is 25.8 Å². The molecule has 1 heterocycles. The van der Waals surface area contributed by atoms with Crippen LogP contribution in [-0.4, -0.2) is 43.4 Å². The van der Waals surface area contributed by atoms with Gasteiger partial charge in [-0.2, -0.15) is 0 Å². The summed E-state index contributed by atoms with van der Waals surface area (Å²) in [6.45, 7) is 2.39. The first-order valence-electron chi connectivity index (χ1n) is 7.67. The van der Waals surface area contributed by atoms with Gasteiger partial charge in [-0.15, -0.1) is 0 Å². The van der Waals surface area contributed by atoms with Crippen molar-refractivity contribution in [2.45, 2.75) is 12.6 Å². The van der Waals surface area contributed by atoms with Crippen LogP contribution in [0.3, 0.4) is 0 Å². The maximum atomic E-state index is 9.78. The number of nitrogens with zero attached hydrogens (tertiary/aromatic N) is 1. The van der Waals surface area contributed by atoms with Gasteiger partial charge in [0.1, 0.15) is 17.6 Å². The predicted molar refractivity (Wildman–Crippen MR) is 92.4 cm³/mol. The second kappa shape index (κ2) is 7.20. The van der Waals surface area contributed by atoms with Gasteiger partial charge in [-0.25, -0.2) is 0 Å². The van der Waals surface area contributed by atoms with E-state index in [9.17, 15) is 5.11 Å². The summed E-state index contributed by atoms with van der Waals surface area (Å²) in [6.07, 6.45) is 0.159.